The van der Waals surface area contributed by atoms with Crippen LogP contribution in [0.25, 0.3) is 0 Å². The first-order valence-corrected chi connectivity index (χ1v) is 6.75. The van der Waals surface area contributed by atoms with Crippen LogP contribution >= 0.6 is 0 Å². The van der Waals surface area contributed by atoms with Gasteiger partial charge < -0.3 is 9.73 Å². The highest BCUT2D eigenvalue weighted by molar-refractivity contribution is 5.05. The van der Waals surface area contributed by atoms with Gasteiger partial charge in [-0.15, -0.1) is 0 Å². The third-order valence-corrected chi connectivity index (χ3v) is 4.59. The Morgan fingerprint density at radius 1 is 1.35 bits per heavy atom. The lowest BCUT2D eigenvalue weighted by Gasteiger charge is -2.38. The van der Waals surface area contributed by atoms with Crippen LogP contribution in [0.15, 0.2) is 22.8 Å². The number of rotatable bonds is 3. The molecule has 1 aromatic heterocycles. The fourth-order valence-electron chi connectivity index (χ4n) is 3.41. The Hall–Kier alpha value is -0.800. The molecule has 2 aliphatic heterocycles. The molecule has 17 heavy (non-hydrogen) atoms. The van der Waals surface area contributed by atoms with E-state index in [1.165, 1.54) is 25.7 Å². The Kier molecular flexibility index (Phi) is 2.97. The normalized spacial score (nSPS) is 34.2. The maximum absolute atomic E-state index is 5.52. The summed E-state index contributed by atoms with van der Waals surface area (Å²) in [5.74, 6) is 1.08. The Labute approximate surface area is 103 Å². The third-order valence-electron chi connectivity index (χ3n) is 4.59. The van der Waals surface area contributed by atoms with Gasteiger partial charge in [0.2, 0.25) is 0 Å². The molecule has 94 valence electrons. The van der Waals surface area contributed by atoms with Gasteiger partial charge in [0, 0.05) is 18.1 Å². The summed E-state index contributed by atoms with van der Waals surface area (Å²) >= 11 is 0. The standard InChI is InChI=1S/C14H22N2O/c1-10(14-4-3-7-17-14)16(2)13-8-11-5-6-12(9-13)15-11/h3-4,7,10-13,15H,5-6,8-9H2,1-2H3. The average molecular weight is 234 g/mol. The number of hydrogen-bond donors (Lipinski definition) is 1. The second kappa shape index (κ2) is 4.46. The smallest absolute Gasteiger partial charge is 0.120 e. The number of nitrogens with zero attached hydrogens (tertiary/aromatic N) is 1. The van der Waals surface area contributed by atoms with Crippen molar-refractivity contribution in [3.8, 4) is 0 Å². The summed E-state index contributed by atoms with van der Waals surface area (Å²) in [6, 6.07) is 6.65. The van der Waals surface area contributed by atoms with Crippen LogP contribution in [0.5, 0.6) is 0 Å². The first kappa shape index (κ1) is 11.3. The second-order valence-electron chi connectivity index (χ2n) is 5.62. The molecule has 0 amide bonds. The van der Waals surface area contributed by atoms with Gasteiger partial charge in [0.15, 0.2) is 0 Å². The molecule has 3 atom stereocenters. The van der Waals surface area contributed by atoms with Crippen molar-refractivity contribution in [3.05, 3.63) is 24.2 Å². The lowest BCUT2D eigenvalue weighted by molar-refractivity contribution is 0.120. The summed E-state index contributed by atoms with van der Waals surface area (Å²) in [4.78, 5) is 2.49. The summed E-state index contributed by atoms with van der Waals surface area (Å²) in [5, 5.41) is 3.70. The molecule has 2 bridgehead atoms. The zero-order valence-corrected chi connectivity index (χ0v) is 10.7. The average Bonchev–Trinajstić information content (AvgIpc) is 2.97. The minimum atomic E-state index is 0.382. The predicted octanol–water partition coefficient (Wildman–Crippen LogP) is 2.56. The Balaban J connectivity index is 1.68. The van der Waals surface area contributed by atoms with Gasteiger partial charge in [0.05, 0.1) is 12.3 Å². The molecule has 3 unspecified atom stereocenters. The van der Waals surface area contributed by atoms with Crippen LogP contribution in [-0.4, -0.2) is 30.1 Å². The van der Waals surface area contributed by atoms with Gasteiger partial charge >= 0.3 is 0 Å². The third kappa shape index (κ3) is 2.14. The molecule has 3 nitrogen and oxygen atoms in total. The van der Waals surface area contributed by atoms with Gasteiger partial charge in [-0.05, 0) is 51.8 Å². The van der Waals surface area contributed by atoms with Crippen LogP contribution in [0.2, 0.25) is 0 Å². The summed E-state index contributed by atoms with van der Waals surface area (Å²) in [7, 11) is 2.24. The van der Waals surface area contributed by atoms with E-state index in [2.05, 4.69) is 30.3 Å². The van der Waals surface area contributed by atoms with Crippen molar-refractivity contribution in [2.75, 3.05) is 7.05 Å². The van der Waals surface area contributed by atoms with E-state index in [1.807, 2.05) is 6.07 Å². The van der Waals surface area contributed by atoms with Gasteiger partial charge in [-0.25, -0.2) is 0 Å². The summed E-state index contributed by atoms with van der Waals surface area (Å²) in [6.07, 6.45) is 7.08. The summed E-state index contributed by atoms with van der Waals surface area (Å²) < 4.78 is 5.52. The van der Waals surface area contributed by atoms with Gasteiger partial charge in [-0.3, -0.25) is 4.90 Å². The highest BCUT2D eigenvalue weighted by Crippen LogP contribution is 2.32. The molecule has 2 fully saturated rings. The van der Waals surface area contributed by atoms with Crippen molar-refractivity contribution in [1.29, 1.82) is 0 Å². The molecule has 0 radical (unpaired) electrons. The molecule has 1 N–H and O–H groups in total. The van der Waals surface area contributed by atoms with Crippen molar-refractivity contribution in [2.45, 2.75) is 56.8 Å². The highest BCUT2D eigenvalue weighted by atomic mass is 16.3. The van der Waals surface area contributed by atoms with E-state index in [4.69, 9.17) is 4.42 Å². The van der Waals surface area contributed by atoms with Crippen LogP contribution in [0.1, 0.15) is 44.4 Å². The quantitative estimate of drug-likeness (QED) is 0.871. The molecule has 1 aromatic rings. The number of nitrogens with one attached hydrogen (secondary N) is 1. The van der Waals surface area contributed by atoms with Crippen molar-refractivity contribution in [3.63, 3.8) is 0 Å². The zero-order chi connectivity index (χ0) is 11.8. The topological polar surface area (TPSA) is 28.4 Å². The number of fused-ring (bicyclic) bond motifs is 2. The van der Waals surface area contributed by atoms with Crippen molar-refractivity contribution in [1.82, 2.24) is 10.2 Å². The molecular formula is C14H22N2O. The molecule has 3 heterocycles. The van der Waals surface area contributed by atoms with Crippen LogP contribution < -0.4 is 5.32 Å². The lowest BCUT2D eigenvalue weighted by Crippen LogP contribution is -2.47. The predicted molar refractivity (Wildman–Crippen MR) is 67.9 cm³/mol. The maximum Gasteiger partial charge on any atom is 0.120 e. The molecule has 3 rings (SSSR count). The Morgan fingerprint density at radius 2 is 2.06 bits per heavy atom. The molecule has 0 spiro atoms. The van der Waals surface area contributed by atoms with Crippen LogP contribution in [-0.2, 0) is 0 Å². The fourth-order valence-corrected chi connectivity index (χ4v) is 3.41. The lowest BCUT2D eigenvalue weighted by atomic mass is 9.97. The minimum Gasteiger partial charge on any atom is -0.468 e. The minimum absolute atomic E-state index is 0.382. The van der Waals surface area contributed by atoms with E-state index >= 15 is 0 Å². The maximum atomic E-state index is 5.52. The zero-order valence-electron chi connectivity index (χ0n) is 10.7. The van der Waals surface area contributed by atoms with Crippen molar-refractivity contribution in [2.24, 2.45) is 0 Å². The van der Waals surface area contributed by atoms with Gasteiger partial charge in [0.1, 0.15) is 5.76 Å². The van der Waals surface area contributed by atoms with Crippen LogP contribution in [0, 0.1) is 0 Å². The number of hydrogen-bond acceptors (Lipinski definition) is 3. The first-order valence-electron chi connectivity index (χ1n) is 6.75. The van der Waals surface area contributed by atoms with Crippen molar-refractivity contribution >= 4 is 0 Å². The summed E-state index contributed by atoms with van der Waals surface area (Å²) in [6.45, 7) is 2.24. The number of piperidine rings is 1. The van der Waals surface area contributed by atoms with E-state index in [0.717, 1.165) is 17.8 Å². The van der Waals surface area contributed by atoms with Crippen LogP contribution in [0.4, 0.5) is 0 Å². The molecular weight excluding hydrogens is 212 g/mol. The van der Waals surface area contributed by atoms with E-state index in [9.17, 15) is 0 Å². The Morgan fingerprint density at radius 3 is 2.65 bits per heavy atom. The first-order chi connectivity index (χ1) is 8.24. The molecule has 0 aromatic carbocycles. The molecule has 2 saturated heterocycles. The second-order valence-corrected chi connectivity index (χ2v) is 5.62. The van der Waals surface area contributed by atoms with E-state index in [-0.39, 0.29) is 0 Å². The SMILES string of the molecule is CC(c1ccco1)N(C)C1CC2CCC(C1)N2. The van der Waals surface area contributed by atoms with E-state index < -0.39 is 0 Å². The molecule has 0 aliphatic carbocycles. The van der Waals surface area contributed by atoms with Crippen LogP contribution in [0.3, 0.4) is 0 Å². The van der Waals surface area contributed by atoms with Gasteiger partial charge in [0.25, 0.3) is 0 Å². The largest absolute Gasteiger partial charge is 0.468 e. The highest BCUT2D eigenvalue weighted by Gasteiger charge is 2.36. The van der Waals surface area contributed by atoms with Gasteiger partial charge in [-0.1, -0.05) is 0 Å². The van der Waals surface area contributed by atoms with Crippen molar-refractivity contribution < 1.29 is 4.42 Å². The molecule has 0 saturated carbocycles. The molecule has 2 aliphatic rings. The Bertz CT molecular complexity index is 350. The molecule has 3 heteroatoms. The fraction of sp³-hybridized carbons (Fsp3) is 0.714. The number of furan rings is 1. The van der Waals surface area contributed by atoms with E-state index in [1.54, 1.807) is 6.26 Å². The summed E-state index contributed by atoms with van der Waals surface area (Å²) in [5.41, 5.74) is 0. The monoisotopic (exact) mass is 234 g/mol. The van der Waals surface area contributed by atoms with Gasteiger partial charge in [-0.2, -0.15) is 0 Å². The van der Waals surface area contributed by atoms with E-state index in [0.29, 0.717) is 12.1 Å².